The van der Waals surface area contributed by atoms with Gasteiger partial charge in [0.05, 0.1) is 6.61 Å². The number of carbonyl (C=O) groups is 1. The van der Waals surface area contributed by atoms with E-state index in [1.165, 1.54) is 29.5 Å². The van der Waals surface area contributed by atoms with E-state index in [0.717, 1.165) is 21.8 Å². The Morgan fingerprint density at radius 2 is 2.03 bits per heavy atom. The van der Waals surface area contributed by atoms with E-state index >= 15 is 0 Å². The molecule has 29 heavy (non-hydrogen) atoms. The molecule has 0 unspecified atom stereocenters. The molecule has 0 aliphatic heterocycles. The number of carbonyl (C=O) groups excluding carboxylic acids is 1. The first kappa shape index (κ1) is 18.9. The molecule has 7 heteroatoms. The van der Waals surface area contributed by atoms with Crippen molar-refractivity contribution in [2.45, 2.75) is 6.92 Å². The van der Waals surface area contributed by atoms with Crippen LogP contribution in [0.25, 0.3) is 22.3 Å². The summed E-state index contributed by atoms with van der Waals surface area (Å²) in [6, 6.07) is 13.6. The molecule has 2 aromatic carbocycles. The number of para-hydroxylation sites is 1. The first-order valence-electron chi connectivity index (χ1n) is 9.08. The zero-order valence-corrected chi connectivity index (χ0v) is 16.4. The Morgan fingerprint density at radius 3 is 2.83 bits per heavy atom. The molecular weight excluding hydrogens is 389 g/mol. The summed E-state index contributed by atoms with van der Waals surface area (Å²) in [5.74, 6) is 0.639. The van der Waals surface area contributed by atoms with Crippen LogP contribution in [0.1, 0.15) is 12.5 Å². The molecule has 0 radical (unpaired) electrons. The Balaban J connectivity index is 1.62. The summed E-state index contributed by atoms with van der Waals surface area (Å²) < 4.78 is 20.7. The van der Waals surface area contributed by atoms with Gasteiger partial charge in [-0.2, -0.15) is 0 Å². The zero-order chi connectivity index (χ0) is 20.2. The quantitative estimate of drug-likeness (QED) is 0.444. The van der Waals surface area contributed by atoms with Gasteiger partial charge in [0, 0.05) is 28.8 Å². The maximum absolute atomic E-state index is 13.3. The maximum Gasteiger partial charge on any atom is 0.249 e. The van der Waals surface area contributed by atoms with Crippen molar-refractivity contribution in [3.05, 3.63) is 77.6 Å². The average Bonchev–Trinajstić information content (AvgIpc) is 3.31. The number of imidazole rings is 1. The number of nitrogens with zero attached hydrogens (tertiary/aromatic N) is 2. The third-order valence-corrected chi connectivity index (χ3v) is 5.01. The minimum Gasteiger partial charge on any atom is -0.493 e. The van der Waals surface area contributed by atoms with Gasteiger partial charge in [0.1, 0.15) is 23.1 Å². The molecule has 0 aliphatic carbocycles. The van der Waals surface area contributed by atoms with E-state index < -0.39 is 0 Å². The lowest BCUT2D eigenvalue weighted by atomic mass is 10.1. The molecule has 146 valence electrons. The summed E-state index contributed by atoms with van der Waals surface area (Å²) in [4.78, 5) is 17.9. The van der Waals surface area contributed by atoms with Crippen molar-refractivity contribution in [2.75, 3.05) is 11.9 Å². The van der Waals surface area contributed by atoms with Crippen LogP contribution in [-0.2, 0) is 4.79 Å². The minimum absolute atomic E-state index is 0.298. The third kappa shape index (κ3) is 4.05. The van der Waals surface area contributed by atoms with Crippen molar-refractivity contribution in [3.8, 4) is 17.0 Å². The molecular formula is C22H18FN3O2S. The van der Waals surface area contributed by atoms with Crippen LogP contribution in [-0.4, -0.2) is 21.9 Å². The van der Waals surface area contributed by atoms with E-state index in [0.29, 0.717) is 18.1 Å². The lowest BCUT2D eigenvalue weighted by molar-refractivity contribution is -0.111. The van der Waals surface area contributed by atoms with Crippen molar-refractivity contribution in [1.82, 2.24) is 9.38 Å². The molecule has 1 N–H and O–H groups in total. The molecule has 1 amide bonds. The second-order valence-corrected chi connectivity index (χ2v) is 7.04. The molecule has 0 saturated heterocycles. The van der Waals surface area contributed by atoms with E-state index in [1.807, 2.05) is 47.2 Å². The number of rotatable bonds is 6. The number of amides is 1. The second kappa shape index (κ2) is 8.28. The molecule has 2 heterocycles. The van der Waals surface area contributed by atoms with Crippen LogP contribution in [0.4, 0.5) is 10.2 Å². The number of hydrogen-bond acceptors (Lipinski definition) is 4. The normalized spacial score (nSPS) is 11.2. The minimum atomic E-state index is -0.323. The Bertz CT molecular complexity index is 1180. The molecule has 2 aromatic heterocycles. The van der Waals surface area contributed by atoms with Gasteiger partial charge in [-0.1, -0.05) is 18.2 Å². The van der Waals surface area contributed by atoms with Gasteiger partial charge in [0.15, 0.2) is 4.96 Å². The van der Waals surface area contributed by atoms with Crippen molar-refractivity contribution < 1.29 is 13.9 Å². The summed E-state index contributed by atoms with van der Waals surface area (Å²) in [6.07, 6.45) is 5.01. The average molecular weight is 407 g/mol. The number of fused-ring (bicyclic) bond motifs is 1. The standard InChI is InChI=1S/C22H18FN3O2S/c1-2-28-18-6-4-3-5-15(18)9-12-19(27)24-21-20(16-7-10-17(23)11-8-16)25-22-26(21)13-14-29-22/h3-14H,2H2,1H3,(H,24,27)/b12-9+. The molecule has 4 aromatic rings. The van der Waals surface area contributed by atoms with Crippen LogP contribution in [0.3, 0.4) is 0 Å². The molecule has 5 nitrogen and oxygen atoms in total. The number of halogens is 1. The Hall–Kier alpha value is -3.45. The highest BCUT2D eigenvalue weighted by atomic mass is 32.1. The molecule has 4 rings (SSSR count). The third-order valence-electron chi connectivity index (χ3n) is 4.25. The first-order valence-corrected chi connectivity index (χ1v) is 9.96. The first-order chi connectivity index (χ1) is 14.2. The van der Waals surface area contributed by atoms with Crippen molar-refractivity contribution in [1.29, 1.82) is 0 Å². The molecule has 0 atom stereocenters. The fraction of sp³-hybridized carbons (Fsp3) is 0.0909. The fourth-order valence-corrected chi connectivity index (χ4v) is 3.66. The largest absolute Gasteiger partial charge is 0.493 e. The van der Waals surface area contributed by atoms with Crippen LogP contribution in [0.15, 0.2) is 66.2 Å². The Kier molecular flexibility index (Phi) is 5.39. The van der Waals surface area contributed by atoms with Gasteiger partial charge >= 0.3 is 0 Å². The van der Waals surface area contributed by atoms with E-state index in [1.54, 1.807) is 18.2 Å². The summed E-state index contributed by atoms with van der Waals surface area (Å²) in [7, 11) is 0. The van der Waals surface area contributed by atoms with Crippen molar-refractivity contribution in [3.63, 3.8) is 0 Å². The SMILES string of the molecule is CCOc1ccccc1/C=C/C(=O)Nc1c(-c2ccc(F)cc2)nc2sccn12. The molecule has 0 bridgehead atoms. The summed E-state index contributed by atoms with van der Waals surface area (Å²) in [5.41, 5.74) is 2.13. The Labute approximate surface area is 171 Å². The van der Waals surface area contributed by atoms with Crippen LogP contribution in [0.2, 0.25) is 0 Å². The molecule has 0 fully saturated rings. The van der Waals surface area contributed by atoms with Gasteiger partial charge < -0.3 is 10.1 Å². The summed E-state index contributed by atoms with van der Waals surface area (Å²) in [6.45, 7) is 2.46. The number of anilines is 1. The number of ether oxygens (including phenoxy) is 1. The van der Waals surface area contributed by atoms with E-state index in [9.17, 15) is 9.18 Å². The lowest BCUT2D eigenvalue weighted by Crippen LogP contribution is -2.10. The highest BCUT2D eigenvalue weighted by Crippen LogP contribution is 2.31. The monoisotopic (exact) mass is 407 g/mol. The molecule has 0 saturated carbocycles. The smallest absolute Gasteiger partial charge is 0.249 e. The Morgan fingerprint density at radius 1 is 1.24 bits per heavy atom. The van der Waals surface area contributed by atoms with Crippen LogP contribution < -0.4 is 10.1 Å². The van der Waals surface area contributed by atoms with Crippen molar-refractivity contribution >= 4 is 34.1 Å². The zero-order valence-electron chi connectivity index (χ0n) is 15.6. The van der Waals surface area contributed by atoms with E-state index in [-0.39, 0.29) is 11.7 Å². The lowest BCUT2D eigenvalue weighted by Gasteiger charge is -2.07. The number of hydrogen-bond donors (Lipinski definition) is 1. The van der Waals surface area contributed by atoms with Gasteiger partial charge in [-0.3, -0.25) is 9.20 Å². The highest BCUT2D eigenvalue weighted by molar-refractivity contribution is 7.15. The second-order valence-electron chi connectivity index (χ2n) is 6.16. The fourth-order valence-electron chi connectivity index (χ4n) is 2.94. The summed E-state index contributed by atoms with van der Waals surface area (Å²) in [5, 5.41) is 4.79. The van der Waals surface area contributed by atoms with Gasteiger partial charge in [-0.15, -0.1) is 11.3 Å². The van der Waals surface area contributed by atoms with E-state index in [4.69, 9.17) is 4.74 Å². The number of aromatic nitrogens is 2. The van der Waals surface area contributed by atoms with E-state index in [2.05, 4.69) is 10.3 Å². The maximum atomic E-state index is 13.3. The molecule has 0 aliphatic rings. The predicted octanol–water partition coefficient (Wildman–Crippen LogP) is 5.25. The van der Waals surface area contributed by atoms with Gasteiger partial charge in [0.2, 0.25) is 5.91 Å². The molecule has 0 spiro atoms. The van der Waals surface area contributed by atoms with Crippen molar-refractivity contribution in [2.24, 2.45) is 0 Å². The van der Waals surface area contributed by atoms with Gasteiger partial charge in [0.25, 0.3) is 0 Å². The van der Waals surface area contributed by atoms with Crippen LogP contribution in [0.5, 0.6) is 5.75 Å². The predicted molar refractivity (Wildman–Crippen MR) is 114 cm³/mol. The number of benzene rings is 2. The number of thiazole rings is 1. The number of nitrogens with one attached hydrogen (secondary N) is 1. The van der Waals surface area contributed by atoms with Gasteiger partial charge in [-0.05, 0) is 43.3 Å². The topological polar surface area (TPSA) is 55.6 Å². The van der Waals surface area contributed by atoms with Crippen LogP contribution >= 0.6 is 11.3 Å². The van der Waals surface area contributed by atoms with Crippen LogP contribution in [0, 0.1) is 5.82 Å². The van der Waals surface area contributed by atoms with Gasteiger partial charge in [-0.25, -0.2) is 9.37 Å². The summed E-state index contributed by atoms with van der Waals surface area (Å²) >= 11 is 1.46. The highest BCUT2D eigenvalue weighted by Gasteiger charge is 2.16.